The number of hydrogen-bond donors (Lipinski definition) is 0. The smallest absolute Gasteiger partial charge is 0.229 e. The third-order valence-corrected chi connectivity index (χ3v) is 2.83. The Labute approximate surface area is 96.8 Å². The second-order valence-electron chi connectivity index (χ2n) is 3.73. The molecule has 0 saturated heterocycles. The maximum Gasteiger partial charge on any atom is 0.229 e. The standard InChI is InChI=1S/C13H8O4/c1-16-7-2-3-8-10(6-7)12(15)13-9(11(8)14)4-5-17-13/h2-6H,1H3. The number of furan rings is 1. The molecule has 0 amide bonds. The molecule has 4 heteroatoms. The van der Waals surface area contributed by atoms with Gasteiger partial charge in [-0.25, -0.2) is 0 Å². The highest BCUT2D eigenvalue weighted by molar-refractivity contribution is 6.27. The highest BCUT2D eigenvalue weighted by Crippen LogP contribution is 2.30. The van der Waals surface area contributed by atoms with Crippen LogP contribution in [0.25, 0.3) is 0 Å². The van der Waals surface area contributed by atoms with Crippen LogP contribution in [0.2, 0.25) is 0 Å². The summed E-state index contributed by atoms with van der Waals surface area (Å²) in [4.78, 5) is 24.1. The number of benzene rings is 1. The predicted molar refractivity (Wildman–Crippen MR) is 58.6 cm³/mol. The van der Waals surface area contributed by atoms with Gasteiger partial charge in [0, 0.05) is 11.1 Å². The van der Waals surface area contributed by atoms with Gasteiger partial charge in [-0.15, -0.1) is 0 Å². The zero-order valence-electron chi connectivity index (χ0n) is 9.02. The van der Waals surface area contributed by atoms with Crippen LogP contribution in [0, 0.1) is 0 Å². The van der Waals surface area contributed by atoms with E-state index in [2.05, 4.69) is 0 Å². The van der Waals surface area contributed by atoms with E-state index in [0.717, 1.165) is 0 Å². The molecule has 0 radical (unpaired) electrons. The van der Waals surface area contributed by atoms with Crippen molar-refractivity contribution in [2.45, 2.75) is 0 Å². The molecule has 4 nitrogen and oxygen atoms in total. The third-order valence-electron chi connectivity index (χ3n) is 2.83. The normalized spacial score (nSPS) is 13.2. The van der Waals surface area contributed by atoms with Crippen molar-refractivity contribution in [1.29, 1.82) is 0 Å². The summed E-state index contributed by atoms with van der Waals surface area (Å²) in [5, 5.41) is 0. The van der Waals surface area contributed by atoms with Crippen LogP contribution in [-0.4, -0.2) is 18.7 Å². The van der Waals surface area contributed by atoms with Crippen LogP contribution in [0.15, 0.2) is 34.9 Å². The lowest BCUT2D eigenvalue weighted by Crippen LogP contribution is -2.19. The summed E-state index contributed by atoms with van der Waals surface area (Å²) >= 11 is 0. The minimum Gasteiger partial charge on any atom is -0.497 e. The molecule has 3 rings (SSSR count). The molecule has 0 saturated carbocycles. The Balaban J connectivity index is 2.27. The first kappa shape index (κ1) is 9.84. The lowest BCUT2D eigenvalue weighted by Gasteiger charge is -2.13. The highest BCUT2D eigenvalue weighted by atomic mass is 16.5. The number of carbonyl (C=O) groups excluding carboxylic acids is 2. The molecule has 1 aliphatic carbocycles. The van der Waals surface area contributed by atoms with Crippen molar-refractivity contribution in [3.05, 3.63) is 53.0 Å². The molecule has 2 aromatic rings. The van der Waals surface area contributed by atoms with Crippen LogP contribution in [0.3, 0.4) is 0 Å². The van der Waals surface area contributed by atoms with Gasteiger partial charge in [-0.1, -0.05) is 0 Å². The van der Waals surface area contributed by atoms with E-state index in [1.54, 1.807) is 18.2 Å². The maximum absolute atomic E-state index is 12.1. The van der Waals surface area contributed by atoms with Gasteiger partial charge in [0.25, 0.3) is 0 Å². The molecule has 0 fully saturated rings. The van der Waals surface area contributed by atoms with Gasteiger partial charge in [0.2, 0.25) is 5.78 Å². The lowest BCUT2D eigenvalue weighted by molar-refractivity contribution is 0.0960. The first-order valence-electron chi connectivity index (χ1n) is 5.07. The fraction of sp³-hybridized carbons (Fsp3) is 0.0769. The van der Waals surface area contributed by atoms with Gasteiger partial charge in [0.05, 0.1) is 18.9 Å². The van der Waals surface area contributed by atoms with Gasteiger partial charge in [-0.3, -0.25) is 9.59 Å². The van der Waals surface area contributed by atoms with Gasteiger partial charge < -0.3 is 9.15 Å². The molecule has 1 heterocycles. The van der Waals surface area contributed by atoms with E-state index >= 15 is 0 Å². The second-order valence-corrected chi connectivity index (χ2v) is 3.73. The summed E-state index contributed by atoms with van der Waals surface area (Å²) in [6, 6.07) is 6.34. The van der Waals surface area contributed by atoms with Crippen LogP contribution in [-0.2, 0) is 0 Å². The van der Waals surface area contributed by atoms with Crippen molar-refractivity contribution < 1.29 is 18.7 Å². The zero-order valence-corrected chi connectivity index (χ0v) is 9.02. The van der Waals surface area contributed by atoms with Crippen LogP contribution in [0.5, 0.6) is 5.75 Å². The molecule has 0 unspecified atom stereocenters. The van der Waals surface area contributed by atoms with Crippen LogP contribution < -0.4 is 4.74 Å². The number of hydrogen-bond acceptors (Lipinski definition) is 4. The fourth-order valence-electron chi connectivity index (χ4n) is 1.97. The molecule has 0 bridgehead atoms. The number of carbonyl (C=O) groups is 2. The molecule has 0 N–H and O–H groups in total. The minimum atomic E-state index is -0.279. The number of ether oxygens (including phenoxy) is 1. The molecule has 1 aromatic carbocycles. The summed E-state index contributed by atoms with van der Waals surface area (Å²) in [6.07, 6.45) is 1.35. The van der Waals surface area contributed by atoms with E-state index in [-0.39, 0.29) is 17.3 Å². The second kappa shape index (κ2) is 3.31. The molecule has 84 valence electrons. The maximum atomic E-state index is 12.1. The molecule has 1 aliphatic rings. The summed E-state index contributed by atoms with van der Waals surface area (Å²) in [6.45, 7) is 0. The predicted octanol–water partition coefficient (Wildman–Crippen LogP) is 2.06. The van der Waals surface area contributed by atoms with E-state index < -0.39 is 0 Å². The summed E-state index contributed by atoms with van der Waals surface area (Å²) in [7, 11) is 1.51. The van der Waals surface area contributed by atoms with Crippen molar-refractivity contribution in [2.24, 2.45) is 0 Å². The van der Waals surface area contributed by atoms with Crippen LogP contribution in [0.1, 0.15) is 32.0 Å². The summed E-state index contributed by atoms with van der Waals surface area (Å²) in [5.74, 6) is 0.181. The van der Waals surface area contributed by atoms with Crippen molar-refractivity contribution >= 4 is 11.6 Å². The zero-order chi connectivity index (χ0) is 12.0. The Morgan fingerprint density at radius 2 is 1.82 bits per heavy atom. The largest absolute Gasteiger partial charge is 0.497 e. The summed E-state index contributed by atoms with van der Waals surface area (Å²) < 4.78 is 10.1. The van der Waals surface area contributed by atoms with E-state index in [4.69, 9.17) is 9.15 Å². The third kappa shape index (κ3) is 1.24. The van der Waals surface area contributed by atoms with Gasteiger partial charge in [0.15, 0.2) is 11.5 Å². The Kier molecular flexibility index (Phi) is 1.92. The van der Waals surface area contributed by atoms with Crippen molar-refractivity contribution in [3.8, 4) is 5.75 Å². The SMILES string of the molecule is COc1ccc2c(c1)C(=O)c1occc1C2=O. The van der Waals surface area contributed by atoms with Crippen LogP contribution in [0.4, 0.5) is 0 Å². The lowest BCUT2D eigenvalue weighted by atomic mass is 9.88. The molecule has 0 atom stereocenters. The summed E-state index contributed by atoms with van der Waals surface area (Å²) in [5.41, 5.74) is 1.05. The molecule has 0 aliphatic heterocycles. The van der Waals surface area contributed by atoms with E-state index in [1.165, 1.54) is 19.4 Å². The number of ketones is 2. The average Bonchev–Trinajstić information content (AvgIpc) is 2.85. The van der Waals surface area contributed by atoms with Crippen molar-refractivity contribution in [1.82, 2.24) is 0 Å². The first-order chi connectivity index (χ1) is 8.22. The Bertz CT molecular complexity index is 637. The monoisotopic (exact) mass is 228 g/mol. The van der Waals surface area contributed by atoms with Gasteiger partial charge >= 0.3 is 0 Å². The van der Waals surface area contributed by atoms with Gasteiger partial charge in [-0.05, 0) is 24.3 Å². The Hall–Kier alpha value is -2.36. The first-order valence-corrected chi connectivity index (χ1v) is 5.07. The topological polar surface area (TPSA) is 56.5 Å². The number of fused-ring (bicyclic) bond motifs is 2. The minimum absolute atomic E-state index is 0.107. The van der Waals surface area contributed by atoms with Gasteiger partial charge in [-0.2, -0.15) is 0 Å². The highest BCUT2D eigenvalue weighted by Gasteiger charge is 2.32. The molecule has 0 spiro atoms. The Morgan fingerprint density at radius 3 is 2.59 bits per heavy atom. The quantitative estimate of drug-likeness (QED) is 0.639. The van der Waals surface area contributed by atoms with E-state index in [0.29, 0.717) is 22.4 Å². The number of methoxy groups -OCH3 is 1. The van der Waals surface area contributed by atoms with Crippen molar-refractivity contribution in [3.63, 3.8) is 0 Å². The van der Waals surface area contributed by atoms with E-state index in [1.807, 2.05) is 0 Å². The van der Waals surface area contributed by atoms with Gasteiger partial charge in [0.1, 0.15) is 5.75 Å². The Morgan fingerprint density at radius 1 is 1.00 bits per heavy atom. The number of rotatable bonds is 1. The molecular weight excluding hydrogens is 220 g/mol. The van der Waals surface area contributed by atoms with Crippen molar-refractivity contribution in [2.75, 3.05) is 7.11 Å². The fourth-order valence-corrected chi connectivity index (χ4v) is 1.97. The molecule has 17 heavy (non-hydrogen) atoms. The van der Waals surface area contributed by atoms with E-state index in [9.17, 15) is 9.59 Å². The molecular formula is C13H8O4. The molecule has 1 aromatic heterocycles. The van der Waals surface area contributed by atoms with Crippen LogP contribution >= 0.6 is 0 Å². The average molecular weight is 228 g/mol.